The standard InChI is InChI=1S/6C10H8.C9H15N3.C5H5N.2C5H12.C4H4N2.4C2H6/c6*1-2-6-10-8-4-3-7-9(10)5-1;1-6-10-7(2)12-8(11-6)9(3,4)5;1-2-4-6-5-3-1;2*1-5(2,3)4;1-2-5-4-6-3-1;4*1-2/h6*1-8H;1-5H3;1-5H;2*1-4H3;1-4H;4*1-2H3. The predicted molar refractivity (Wildman–Crippen MR) is 454 cm³/mol. The monoisotopic (exact) mass is 1360 g/mol. The van der Waals surface area contributed by atoms with Gasteiger partial charge < -0.3 is 0 Å². The van der Waals surface area contributed by atoms with Crippen LogP contribution >= 0.6 is 0 Å². The zero-order valence-electron chi connectivity index (χ0n) is 65.6. The minimum atomic E-state index is 0.0124. The van der Waals surface area contributed by atoms with Crippen LogP contribution in [-0.4, -0.2) is 29.9 Å². The van der Waals surface area contributed by atoms with Gasteiger partial charge in [0.15, 0.2) is 0 Å². The molecule has 0 spiro atoms. The summed E-state index contributed by atoms with van der Waals surface area (Å²) in [5.41, 5.74) is 1.01. The van der Waals surface area contributed by atoms with Crippen LogP contribution in [0.15, 0.2) is 347 Å². The number of pyridine rings is 1. The Kier molecular flexibility index (Phi) is 47.6. The highest BCUT2D eigenvalue weighted by atomic mass is 15.0. The van der Waals surface area contributed by atoms with E-state index in [-0.39, 0.29) is 5.41 Å². The van der Waals surface area contributed by atoms with Crippen molar-refractivity contribution in [1.82, 2.24) is 29.9 Å². The van der Waals surface area contributed by atoms with Crippen molar-refractivity contribution in [3.63, 3.8) is 0 Å². The number of nitrogens with zero attached hydrogens (tertiary/aromatic N) is 6. The molecule has 0 N–H and O–H groups in total. The van der Waals surface area contributed by atoms with Gasteiger partial charge in [0, 0.05) is 30.2 Å². The quantitative estimate of drug-likeness (QED) is 0.151. The summed E-state index contributed by atoms with van der Waals surface area (Å²) in [5.74, 6) is 2.47. The maximum Gasteiger partial charge on any atom is 0.137 e. The second kappa shape index (κ2) is 54.3. The minimum absolute atomic E-state index is 0.0124. The number of aryl methyl sites for hydroxylation is 2. The summed E-state index contributed by atoms with van der Waals surface area (Å²) in [4.78, 5) is 23.8. The molecule has 0 saturated carbocycles. The molecule has 0 unspecified atom stereocenters. The van der Waals surface area contributed by atoms with Crippen LogP contribution in [0.4, 0.5) is 0 Å². The van der Waals surface area contributed by atoms with Crippen molar-refractivity contribution in [2.75, 3.05) is 0 Å². The summed E-state index contributed by atoms with van der Waals surface area (Å²) < 4.78 is 0. The van der Waals surface area contributed by atoms with E-state index < -0.39 is 0 Å². The van der Waals surface area contributed by atoms with E-state index in [0.717, 1.165) is 17.5 Å². The summed E-state index contributed by atoms with van der Waals surface area (Å²) in [6, 6.07) is 108. The van der Waals surface area contributed by atoms with E-state index in [1.165, 1.54) is 71.0 Å². The maximum absolute atomic E-state index is 4.28. The van der Waals surface area contributed by atoms with Crippen LogP contribution in [0.3, 0.4) is 0 Å². The fourth-order valence-electron chi connectivity index (χ4n) is 8.31. The second-order valence-electron chi connectivity index (χ2n) is 26.0. The largest absolute Gasteiger partial charge is 0.265 e. The normalized spacial score (nSPS) is 9.62. The van der Waals surface area contributed by atoms with Gasteiger partial charge in [0.05, 0.1) is 0 Å². The van der Waals surface area contributed by atoms with Crippen molar-refractivity contribution in [2.45, 2.75) is 151 Å². The van der Waals surface area contributed by atoms with Crippen LogP contribution in [0, 0.1) is 24.7 Å². The van der Waals surface area contributed by atoms with E-state index in [1.807, 2.05) is 87.4 Å². The lowest BCUT2D eigenvalue weighted by atomic mass is 9.96. The summed E-state index contributed by atoms with van der Waals surface area (Å²) in [6.45, 7) is 43.6. The highest BCUT2D eigenvalue weighted by Gasteiger charge is 2.18. The lowest BCUT2D eigenvalue weighted by Gasteiger charge is -2.16. The molecule has 12 aromatic carbocycles. The van der Waals surface area contributed by atoms with E-state index >= 15 is 0 Å². The molecule has 6 heteroatoms. The third-order valence-electron chi connectivity index (χ3n) is 12.5. The molecule has 0 fully saturated rings. The van der Waals surface area contributed by atoms with Crippen molar-refractivity contribution in [2.24, 2.45) is 10.8 Å². The molecule has 534 valence electrons. The average molecular weight is 1360 g/mol. The Bertz CT molecular complexity index is 3380. The number of benzene rings is 12. The van der Waals surface area contributed by atoms with E-state index in [2.05, 4.69) is 397 Å². The van der Waals surface area contributed by atoms with E-state index in [0.29, 0.717) is 10.8 Å². The molecule has 0 aliphatic heterocycles. The summed E-state index contributed by atoms with van der Waals surface area (Å²) in [5, 5.41) is 15.7. The second-order valence-corrected chi connectivity index (χ2v) is 26.0. The summed E-state index contributed by atoms with van der Waals surface area (Å²) in [6.07, 6.45) is 8.38. The van der Waals surface area contributed by atoms with Gasteiger partial charge in [0.2, 0.25) is 0 Å². The molecule has 15 aromatic rings. The third kappa shape index (κ3) is 43.1. The topological polar surface area (TPSA) is 77.3 Å². The van der Waals surface area contributed by atoms with Gasteiger partial charge in [-0.3, -0.25) is 4.98 Å². The third-order valence-corrected chi connectivity index (χ3v) is 12.5. The molecular formula is C96H120N6. The number of aromatic nitrogens is 6. The average Bonchev–Trinajstić information content (AvgIpc) is 0.879. The van der Waals surface area contributed by atoms with E-state index in [1.54, 1.807) is 30.9 Å². The SMILES string of the molecule is CC.CC.CC.CC.CC(C)(C)C.CC(C)(C)C.Cc1nc(C)nc(C(C)(C)C)n1.c1ccc2ccccc2c1.c1ccc2ccccc2c1.c1ccc2ccccc2c1.c1ccc2ccccc2c1.c1ccc2ccccc2c1.c1ccc2ccccc2c1.c1ccncc1.c1cncnc1. The number of hydrogen-bond donors (Lipinski definition) is 0. The highest BCUT2D eigenvalue weighted by Crippen LogP contribution is 2.19. The molecule has 102 heavy (non-hydrogen) atoms. The number of hydrogen-bond acceptors (Lipinski definition) is 6. The van der Waals surface area contributed by atoms with Gasteiger partial charge in [0.25, 0.3) is 0 Å². The Balaban J connectivity index is 0.000000560. The molecule has 0 aliphatic carbocycles. The molecule has 0 saturated heterocycles. The van der Waals surface area contributed by atoms with E-state index in [9.17, 15) is 0 Å². The fraction of sp³-hybridized carbons (Fsp3) is 0.250. The van der Waals surface area contributed by atoms with Crippen LogP contribution in [0.25, 0.3) is 64.6 Å². The summed E-state index contributed by atoms with van der Waals surface area (Å²) in [7, 11) is 0. The Morgan fingerprint density at radius 3 is 0.422 bits per heavy atom. The van der Waals surface area contributed by atoms with Crippen molar-refractivity contribution < 1.29 is 0 Å². The minimum Gasteiger partial charge on any atom is -0.265 e. The Labute approximate surface area is 616 Å². The first-order valence-corrected chi connectivity index (χ1v) is 36.1. The number of rotatable bonds is 0. The van der Waals surface area contributed by atoms with Gasteiger partial charge in [-0.25, -0.2) is 24.9 Å². The molecule has 0 bridgehead atoms. The van der Waals surface area contributed by atoms with Gasteiger partial charge in [-0.2, -0.15) is 0 Å². The molecule has 0 radical (unpaired) electrons. The first-order chi connectivity index (χ1) is 49.2. The molecule has 3 aromatic heterocycles. The van der Waals surface area contributed by atoms with Crippen molar-refractivity contribution >= 4 is 64.6 Å². The highest BCUT2D eigenvalue weighted by molar-refractivity contribution is 5.85. The first kappa shape index (κ1) is 89.5. The molecular weight excluding hydrogens is 1240 g/mol. The van der Waals surface area contributed by atoms with Gasteiger partial charge in [-0.15, -0.1) is 0 Å². The van der Waals surface area contributed by atoms with Gasteiger partial charge in [-0.05, 0) is 108 Å². The zero-order chi connectivity index (χ0) is 75.7. The predicted octanol–water partition coefficient (Wildman–Crippen LogP) is 28.6. The van der Waals surface area contributed by atoms with Crippen molar-refractivity contribution in [3.8, 4) is 0 Å². The molecule has 0 atom stereocenters. The molecule has 3 heterocycles. The molecule has 0 amide bonds. The zero-order valence-corrected chi connectivity index (χ0v) is 65.6. The Morgan fingerprint density at radius 1 is 0.186 bits per heavy atom. The van der Waals surface area contributed by atoms with Crippen molar-refractivity contribution in [1.29, 1.82) is 0 Å². The fourth-order valence-corrected chi connectivity index (χ4v) is 8.31. The smallest absolute Gasteiger partial charge is 0.137 e. The molecule has 0 aliphatic rings. The van der Waals surface area contributed by atoms with Crippen LogP contribution in [0.2, 0.25) is 0 Å². The Morgan fingerprint density at radius 2 is 0.333 bits per heavy atom. The van der Waals surface area contributed by atoms with Crippen LogP contribution in [0.1, 0.15) is 149 Å². The van der Waals surface area contributed by atoms with Gasteiger partial charge in [0.1, 0.15) is 23.8 Å². The molecule has 15 rings (SSSR count). The lowest BCUT2D eigenvalue weighted by molar-refractivity contribution is 0.469. The maximum atomic E-state index is 4.28. The van der Waals surface area contributed by atoms with Crippen LogP contribution in [-0.2, 0) is 5.41 Å². The van der Waals surface area contributed by atoms with E-state index in [4.69, 9.17) is 0 Å². The van der Waals surface area contributed by atoms with Crippen LogP contribution < -0.4 is 0 Å². The van der Waals surface area contributed by atoms with Crippen LogP contribution in [0.5, 0.6) is 0 Å². The van der Waals surface area contributed by atoms with Gasteiger partial charge in [-0.1, -0.05) is 429 Å². The van der Waals surface area contributed by atoms with Gasteiger partial charge >= 0.3 is 0 Å². The number of fused-ring (bicyclic) bond motifs is 6. The lowest BCUT2D eigenvalue weighted by Crippen LogP contribution is -2.18. The van der Waals surface area contributed by atoms with Crippen molar-refractivity contribution in [3.05, 3.63) is 364 Å². The molecule has 6 nitrogen and oxygen atoms in total. The first-order valence-electron chi connectivity index (χ1n) is 36.1. The summed E-state index contributed by atoms with van der Waals surface area (Å²) >= 11 is 0. The Hall–Kier alpha value is -10.6.